The van der Waals surface area contributed by atoms with Gasteiger partial charge in [-0.2, -0.15) is 0 Å². The smallest absolute Gasteiger partial charge is 0.191 e. The van der Waals surface area contributed by atoms with Gasteiger partial charge in [-0.3, -0.25) is 0 Å². The van der Waals surface area contributed by atoms with Crippen LogP contribution in [0, 0.1) is 0 Å². The van der Waals surface area contributed by atoms with Gasteiger partial charge in [0.1, 0.15) is 11.5 Å². The molecule has 6 heteroatoms. The molecule has 0 saturated carbocycles. The molecule has 0 bridgehead atoms. The average Bonchev–Trinajstić information content (AvgIpc) is 3.11. The Hall–Kier alpha value is -2.50. The van der Waals surface area contributed by atoms with Crippen LogP contribution in [-0.2, 0) is 19.4 Å². The maximum atomic E-state index is 5.48. The van der Waals surface area contributed by atoms with Crippen LogP contribution >= 0.6 is 0 Å². The molecule has 27 heavy (non-hydrogen) atoms. The normalized spacial score (nSPS) is 12.7. The number of rotatable bonds is 9. The molecule has 0 radical (unpaired) electrons. The Bertz CT molecular complexity index is 718. The molecule has 1 aromatic carbocycles. The first-order valence-electron chi connectivity index (χ1n) is 9.75. The second-order valence-corrected chi connectivity index (χ2v) is 6.46. The van der Waals surface area contributed by atoms with E-state index in [1.807, 2.05) is 18.2 Å². The zero-order chi connectivity index (χ0) is 19.6. The standard InChI is InChI=1S/C21H32N4O2/c1-6-18-17(19(7-2)27-25-18)14-24-21(22-8-3)23-13-15(4)16-11-9-10-12-20(16)26-5/h9-12,15H,6-8,13-14H2,1-5H3,(H2,22,23,24). The summed E-state index contributed by atoms with van der Waals surface area (Å²) in [6, 6.07) is 8.13. The number of hydrogen-bond acceptors (Lipinski definition) is 4. The van der Waals surface area contributed by atoms with Crippen molar-refractivity contribution in [2.24, 2.45) is 4.99 Å². The minimum atomic E-state index is 0.290. The molecule has 1 atom stereocenters. The summed E-state index contributed by atoms with van der Waals surface area (Å²) < 4.78 is 10.9. The number of nitrogens with one attached hydrogen (secondary N) is 2. The highest BCUT2D eigenvalue weighted by molar-refractivity contribution is 5.79. The molecule has 0 fully saturated rings. The zero-order valence-electron chi connectivity index (χ0n) is 17.1. The van der Waals surface area contributed by atoms with E-state index in [2.05, 4.69) is 49.6 Å². The van der Waals surface area contributed by atoms with Gasteiger partial charge in [0.15, 0.2) is 5.96 Å². The van der Waals surface area contributed by atoms with E-state index < -0.39 is 0 Å². The van der Waals surface area contributed by atoms with Crippen molar-refractivity contribution in [2.75, 3.05) is 20.2 Å². The highest BCUT2D eigenvalue weighted by atomic mass is 16.5. The molecule has 1 aromatic heterocycles. The largest absolute Gasteiger partial charge is 0.496 e. The lowest BCUT2D eigenvalue weighted by molar-refractivity contribution is 0.380. The van der Waals surface area contributed by atoms with Gasteiger partial charge in [0.05, 0.1) is 19.3 Å². The first-order chi connectivity index (χ1) is 13.1. The molecule has 0 saturated heterocycles. The molecule has 1 heterocycles. The van der Waals surface area contributed by atoms with Crippen LogP contribution in [0.5, 0.6) is 5.75 Å². The number of benzene rings is 1. The fourth-order valence-corrected chi connectivity index (χ4v) is 3.05. The summed E-state index contributed by atoms with van der Waals surface area (Å²) in [5.74, 6) is 2.93. The predicted molar refractivity (Wildman–Crippen MR) is 109 cm³/mol. The van der Waals surface area contributed by atoms with Crippen LogP contribution in [-0.4, -0.2) is 31.3 Å². The third kappa shape index (κ3) is 5.49. The van der Waals surface area contributed by atoms with E-state index in [0.717, 1.165) is 54.7 Å². The van der Waals surface area contributed by atoms with Crippen molar-refractivity contribution in [3.05, 3.63) is 46.8 Å². The molecule has 0 spiro atoms. The molecule has 6 nitrogen and oxygen atoms in total. The summed E-state index contributed by atoms with van der Waals surface area (Å²) in [6.07, 6.45) is 1.68. The van der Waals surface area contributed by atoms with Gasteiger partial charge in [-0.15, -0.1) is 0 Å². The van der Waals surface area contributed by atoms with Crippen molar-refractivity contribution in [1.82, 2.24) is 15.8 Å². The Kier molecular flexibility index (Phi) is 8.17. The van der Waals surface area contributed by atoms with Gasteiger partial charge in [-0.25, -0.2) is 4.99 Å². The Labute approximate surface area is 162 Å². The Morgan fingerprint density at radius 2 is 1.96 bits per heavy atom. The molecular weight excluding hydrogens is 340 g/mol. The highest BCUT2D eigenvalue weighted by Gasteiger charge is 2.14. The molecule has 0 aliphatic rings. The predicted octanol–water partition coefficient (Wildman–Crippen LogP) is 3.67. The number of nitrogens with zero attached hydrogens (tertiary/aromatic N) is 2. The van der Waals surface area contributed by atoms with Crippen molar-refractivity contribution < 1.29 is 9.26 Å². The van der Waals surface area contributed by atoms with Crippen molar-refractivity contribution >= 4 is 5.96 Å². The van der Waals surface area contributed by atoms with Crippen LogP contribution in [0.2, 0.25) is 0 Å². The molecule has 0 aliphatic carbocycles. The maximum absolute atomic E-state index is 5.48. The second-order valence-electron chi connectivity index (χ2n) is 6.46. The van der Waals surface area contributed by atoms with Crippen LogP contribution in [0.4, 0.5) is 0 Å². The molecule has 2 N–H and O–H groups in total. The van der Waals surface area contributed by atoms with Gasteiger partial charge in [-0.1, -0.05) is 44.1 Å². The van der Waals surface area contributed by atoms with E-state index in [1.165, 1.54) is 5.56 Å². The summed E-state index contributed by atoms with van der Waals surface area (Å²) in [7, 11) is 1.71. The van der Waals surface area contributed by atoms with Gasteiger partial charge in [0.2, 0.25) is 0 Å². The van der Waals surface area contributed by atoms with E-state index in [9.17, 15) is 0 Å². The molecule has 0 amide bonds. The fourth-order valence-electron chi connectivity index (χ4n) is 3.05. The van der Waals surface area contributed by atoms with Crippen LogP contribution in [0.15, 0.2) is 33.8 Å². The highest BCUT2D eigenvalue weighted by Crippen LogP contribution is 2.25. The van der Waals surface area contributed by atoms with E-state index in [4.69, 9.17) is 14.3 Å². The number of ether oxygens (including phenoxy) is 1. The van der Waals surface area contributed by atoms with Gasteiger partial charge >= 0.3 is 0 Å². The Morgan fingerprint density at radius 1 is 1.19 bits per heavy atom. The number of guanidine groups is 1. The van der Waals surface area contributed by atoms with E-state index in [1.54, 1.807) is 7.11 Å². The summed E-state index contributed by atoms with van der Waals surface area (Å²) in [4.78, 5) is 4.74. The lowest BCUT2D eigenvalue weighted by Gasteiger charge is -2.18. The topological polar surface area (TPSA) is 71.7 Å². The van der Waals surface area contributed by atoms with Crippen LogP contribution in [0.1, 0.15) is 56.2 Å². The molecule has 0 aliphatic heterocycles. The fraction of sp³-hybridized carbons (Fsp3) is 0.524. The van der Waals surface area contributed by atoms with Crippen molar-refractivity contribution in [1.29, 1.82) is 0 Å². The van der Waals surface area contributed by atoms with Gasteiger partial charge in [-0.05, 0) is 25.0 Å². The number of hydrogen-bond donors (Lipinski definition) is 2. The van der Waals surface area contributed by atoms with E-state index in [0.29, 0.717) is 6.54 Å². The lowest BCUT2D eigenvalue weighted by Crippen LogP contribution is -2.39. The molecule has 1 unspecified atom stereocenters. The average molecular weight is 373 g/mol. The first kappa shape index (κ1) is 20.8. The van der Waals surface area contributed by atoms with Crippen molar-refractivity contribution in [3.8, 4) is 5.75 Å². The summed E-state index contributed by atoms with van der Waals surface area (Å²) in [5.41, 5.74) is 3.28. The minimum absolute atomic E-state index is 0.290. The van der Waals surface area contributed by atoms with Crippen molar-refractivity contribution in [2.45, 2.75) is 53.0 Å². The summed E-state index contributed by atoms with van der Waals surface area (Å²) >= 11 is 0. The van der Waals surface area contributed by atoms with E-state index in [-0.39, 0.29) is 5.92 Å². The second kappa shape index (κ2) is 10.6. The molecule has 2 aromatic rings. The number of aryl methyl sites for hydroxylation is 2. The van der Waals surface area contributed by atoms with Crippen molar-refractivity contribution in [3.63, 3.8) is 0 Å². The van der Waals surface area contributed by atoms with Gasteiger partial charge in [0, 0.05) is 31.0 Å². The maximum Gasteiger partial charge on any atom is 0.191 e. The van der Waals surface area contributed by atoms with Gasteiger partial charge in [0.25, 0.3) is 0 Å². The Morgan fingerprint density at radius 3 is 2.63 bits per heavy atom. The van der Waals surface area contributed by atoms with Crippen LogP contribution < -0.4 is 15.4 Å². The number of aliphatic imine (C=N–C) groups is 1. The summed E-state index contributed by atoms with van der Waals surface area (Å²) in [5, 5.41) is 10.9. The molecular formula is C21H32N4O2. The first-order valence-corrected chi connectivity index (χ1v) is 9.75. The third-order valence-corrected chi connectivity index (χ3v) is 4.59. The third-order valence-electron chi connectivity index (χ3n) is 4.59. The zero-order valence-corrected chi connectivity index (χ0v) is 17.1. The minimum Gasteiger partial charge on any atom is -0.496 e. The monoisotopic (exact) mass is 372 g/mol. The SMILES string of the molecule is CCNC(=NCc1c(CC)noc1CC)NCC(C)c1ccccc1OC. The number of methoxy groups -OCH3 is 1. The van der Waals surface area contributed by atoms with Crippen LogP contribution in [0.25, 0.3) is 0 Å². The quantitative estimate of drug-likeness (QED) is 0.519. The Balaban J connectivity index is 2.07. The van der Waals surface area contributed by atoms with E-state index >= 15 is 0 Å². The van der Waals surface area contributed by atoms with Crippen LogP contribution in [0.3, 0.4) is 0 Å². The number of para-hydroxylation sites is 1. The molecule has 2 rings (SSSR count). The number of aromatic nitrogens is 1. The van der Waals surface area contributed by atoms with Gasteiger partial charge < -0.3 is 19.9 Å². The lowest BCUT2D eigenvalue weighted by atomic mass is 10.0. The molecule has 148 valence electrons. The summed E-state index contributed by atoms with van der Waals surface area (Å²) in [6.45, 7) is 10.5.